The van der Waals surface area contributed by atoms with Gasteiger partial charge in [-0.1, -0.05) is 15.9 Å². The number of nitrogens with two attached hydrogens (primary N) is 1. The van der Waals surface area contributed by atoms with E-state index in [9.17, 15) is 9.18 Å². The molecule has 0 radical (unpaired) electrons. The number of aromatic nitrogens is 1. The summed E-state index contributed by atoms with van der Waals surface area (Å²) < 4.78 is 14.3. The molecule has 19 heavy (non-hydrogen) atoms. The van der Waals surface area contributed by atoms with E-state index in [4.69, 9.17) is 5.73 Å². The third-order valence-corrected chi connectivity index (χ3v) is 3.04. The monoisotopic (exact) mass is 323 g/mol. The lowest BCUT2D eigenvalue weighted by molar-refractivity contribution is 0.102. The summed E-state index contributed by atoms with van der Waals surface area (Å²) in [6, 6.07) is 4.80. The molecule has 1 aromatic carbocycles. The number of carbonyl (C=O) groups excluding carboxylic acids is 1. The van der Waals surface area contributed by atoms with Crippen LogP contribution in [0, 0.1) is 12.7 Å². The molecule has 1 heterocycles. The molecule has 6 heteroatoms. The van der Waals surface area contributed by atoms with E-state index in [0.717, 1.165) is 16.2 Å². The van der Waals surface area contributed by atoms with Gasteiger partial charge < -0.3 is 11.1 Å². The van der Waals surface area contributed by atoms with Gasteiger partial charge in [0.1, 0.15) is 0 Å². The molecule has 0 fully saturated rings. The molecule has 0 aliphatic rings. The lowest BCUT2D eigenvalue weighted by Gasteiger charge is -2.12. The van der Waals surface area contributed by atoms with Crippen LogP contribution >= 0.6 is 15.9 Å². The van der Waals surface area contributed by atoms with E-state index in [-0.39, 0.29) is 5.56 Å². The fourth-order valence-electron chi connectivity index (χ4n) is 1.68. The highest BCUT2D eigenvalue weighted by molar-refractivity contribution is 9.10. The van der Waals surface area contributed by atoms with Crippen LogP contribution in [0.4, 0.5) is 15.8 Å². The van der Waals surface area contributed by atoms with Crippen molar-refractivity contribution in [1.29, 1.82) is 0 Å². The van der Waals surface area contributed by atoms with E-state index < -0.39 is 11.7 Å². The second-order valence-electron chi connectivity index (χ2n) is 4.00. The van der Waals surface area contributed by atoms with Gasteiger partial charge in [-0.15, -0.1) is 0 Å². The lowest BCUT2D eigenvalue weighted by atomic mass is 10.1. The van der Waals surface area contributed by atoms with Crippen LogP contribution in [0.2, 0.25) is 0 Å². The minimum atomic E-state index is -0.673. The van der Waals surface area contributed by atoms with Crippen molar-refractivity contribution in [2.24, 2.45) is 0 Å². The van der Waals surface area contributed by atoms with Crippen LogP contribution in [0.25, 0.3) is 0 Å². The van der Waals surface area contributed by atoms with Crippen LogP contribution in [0.15, 0.2) is 35.1 Å². The Morgan fingerprint density at radius 2 is 2.21 bits per heavy atom. The van der Waals surface area contributed by atoms with Gasteiger partial charge in [0.15, 0.2) is 5.82 Å². The van der Waals surface area contributed by atoms with Crippen LogP contribution in [0.5, 0.6) is 0 Å². The summed E-state index contributed by atoms with van der Waals surface area (Å²) in [5.41, 5.74) is 7.44. The van der Waals surface area contributed by atoms with E-state index in [1.54, 1.807) is 13.0 Å². The van der Waals surface area contributed by atoms with Crippen molar-refractivity contribution in [1.82, 2.24) is 4.98 Å². The number of nitrogens with zero attached hydrogens (tertiary/aromatic N) is 1. The first-order chi connectivity index (χ1) is 8.99. The van der Waals surface area contributed by atoms with Gasteiger partial charge >= 0.3 is 0 Å². The highest BCUT2D eigenvalue weighted by Gasteiger charge is 2.14. The van der Waals surface area contributed by atoms with E-state index in [0.29, 0.717) is 11.4 Å². The Morgan fingerprint density at radius 1 is 1.47 bits per heavy atom. The van der Waals surface area contributed by atoms with Crippen LogP contribution in [0.1, 0.15) is 15.9 Å². The van der Waals surface area contributed by atoms with E-state index in [1.165, 1.54) is 12.3 Å². The van der Waals surface area contributed by atoms with Gasteiger partial charge in [0.05, 0.1) is 23.1 Å². The molecule has 4 nitrogen and oxygen atoms in total. The van der Waals surface area contributed by atoms with Crippen molar-refractivity contribution in [3.05, 3.63) is 52.0 Å². The zero-order valence-electron chi connectivity index (χ0n) is 10.1. The number of aryl methyl sites for hydroxylation is 1. The fourth-order valence-corrected chi connectivity index (χ4v) is 2.27. The molecule has 0 atom stereocenters. The molecular formula is C13H11BrFN3O. The number of rotatable bonds is 2. The summed E-state index contributed by atoms with van der Waals surface area (Å²) in [5.74, 6) is -1.23. The number of anilines is 2. The second kappa shape index (κ2) is 5.36. The van der Waals surface area contributed by atoms with Crippen LogP contribution in [-0.4, -0.2) is 10.9 Å². The maximum atomic E-state index is 13.4. The summed E-state index contributed by atoms with van der Waals surface area (Å²) in [6.07, 6.45) is 2.35. The average molecular weight is 324 g/mol. The molecule has 0 saturated carbocycles. The zero-order valence-corrected chi connectivity index (χ0v) is 11.7. The minimum absolute atomic E-state index is 0.0725. The second-order valence-corrected chi connectivity index (χ2v) is 4.91. The van der Waals surface area contributed by atoms with E-state index >= 15 is 0 Å². The Labute approximate surface area is 118 Å². The number of hydrogen-bond donors (Lipinski definition) is 2. The van der Waals surface area contributed by atoms with Crippen LogP contribution in [-0.2, 0) is 0 Å². The Kier molecular flexibility index (Phi) is 3.80. The molecular weight excluding hydrogens is 313 g/mol. The SMILES string of the molecule is Cc1cc(Br)cc(N)c1NC(=O)c1ccncc1F. The largest absolute Gasteiger partial charge is 0.397 e. The van der Waals surface area contributed by atoms with Gasteiger partial charge in [-0.25, -0.2) is 4.39 Å². The van der Waals surface area contributed by atoms with Gasteiger partial charge in [-0.05, 0) is 30.7 Å². The molecule has 0 unspecified atom stereocenters. The Hall–Kier alpha value is -1.95. The topological polar surface area (TPSA) is 68.0 Å². The fraction of sp³-hybridized carbons (Fsp3) is 0.0769. The Balaban J connectivity index is 2.32. The quantitative estimate of drug-likeness (QED) is 0.834. The average Bonchev–Trinajstić information content (AvgIpc) is 2.34. The van der Waals surface area contributed by atoms with Crippen molar-refractivity contribution in [2.45, 2.75) is 6.92 Å². The van der Waals surface area contributed by atoms with Gasteiger partial charge in [-0.3, -0.25) is 9.78 Å². The summed E-state index contributed by atoms with van der Waals surface area (Å²) in [7, 11) is 0. The van der Waals surface area contributed by atoms with Crippen molar-refractivity contribution in [2.75, 3.05) is 11.1 Å². The first-order valence-electron chi connectivity index (χ1n) is 5.45. The number of nitrogens with one attached hydrogen (secondary N) is 1. The van der Waals surface area contributed by atoms with Gasteiger partial charge in [0, 0.05) is 10.7 Å². The molecule has 0 bridgehead atoms. The summed E-state index contributed by atoms with van der Waals surface area (Å²) in [5, 5.41) is 2.61. The highest BCUT2D eigenvalue weighted by Crippen LogP contribution is 2.28. The third kappa shape index (κ3) is 2.90. The number of amides is 1. The smallest absolute Gasteiger partial charge is 0.258 e. The van der Waals surface area contributed by atoms with E-state index in [1.807, 2.05) is 6.07 Å². The normalized spacial score (nSPS) is 10.3. The third-order valence-electron chi connectivity index (χ3n) is 2.59. The summed E-state index contributed by atoms with van der Waals surface area (Å²) >= 11 is 3.31. The number of pyridine rings is 1. The predicted molar refractivity (Wildman–Crippen MR) is 75.4 cm³/mol. The van der Waals surface area contributed by atoms with Crippen LogP contribution in [0.3, 0.4) is 0 Å². The summed E-state index contributed by atoms with van der Waals surface area (Å²) in [4.78, 5) is 15.6. The molecule has 2 aromatic rings. The highest BCUT2D eigenvalue weighted by atomic mass is 79.9. The minimum Gasteiger partial charge on any atom is -0.397 e. The van der Waals surface area contributed by atoms with Gasteiger partial charge in [-0.2, -0.15) is 0 Å². The first kappa shape index (κ1) is 13.5. The Bertz CT molecular complexity index is 623. The molecule has 98 valence electrons. The van der Waals surface area contributed by atoms with Gasteiger partial charge in [0.25, 0.3) is 5.91 Å². The maximum absolute atomic E-state index is 13.4. The molecule has 0 spiro atoms. The van der Waals surface area contributed by atoms with Gasteiger partial charge in [0.2, 0.25) is 0 Å². The van der Waals surface area contributed by atoms with Crippen molar-refractivity contribution < 1.29 is 9.18 Å². The van der Waals surface area contributed by atoms with Crippen LogP contribution < -0.4 is 11.1 Å². The number of carbonyl (C=O) groups is 1. The lowest BCUT2D eigenvalue weighted by Crippen LogP contribution is -2.16. The molecule has 1 aromatic heterocycles. The van der Waals surface area contributed by atoms with E-state index in [2.05, 4.69) is 26.2 Å². The summed E-state index contributed by atoms with van der Waals surface area (Å²) in [6.45, 7) is 1.81. The first-order valence-corrected chi connectivity index (χ1v) is 6.25. The van der Waals surface area contributed by atoms with Crippen molar-refractivity contribution >= 4 is 33.2 Å². The number of nitrogen functional groups attached to an aromatic ring is 1. The number of benzene rings is 1. The zero-order chi connectivity index (χ0) is 14.0. The van der Waals surface area contributed by atoms with Crippen molar-refractivity contribution in [3.63, 3.8) is 0 Å². The maximum Gasteiger partial charge on any atom is 0.258 e. The molecule has 3 N–H and O–H groups in total. The molecule has 0 saturated heterocycles. The standard InChI is InChI=1S/C13H11BrFN3O/c1-7-4-8(14)5-11(16)12(7)18-13(19)9-2-3-17-6-10(9)15/h2-6H,16H2,1H3,(H,18,19). The number of hydrogen-bond acceptors (Lipinski definition) is 3. The Morgan fingerprint density at radius 3 is 2.84 bits per heavy atom. The van der Waals surface area contributed by atoms with Crippen molar-refractivity contribution in [3.8, 4) is 0 Å². The molecule has 0 aliphatic heterocycles. The number of halogens is 2. The predicted octanol–water partition coefficient (Wildman–Crippen LogP) is 3.13. The molecule has 0 aliphatic carbocycles. The molecule has 2 rings (SSSR count). The molecule has 1 amide bonds.